The smallest absolute Gasteiger partial charge is 0.305 e. The first kappa shape index (κ1) is 17.2. The van der Waals surface area contributed by atoms with Crippen LogP contribution in [0, 0.1) is 12.3 Å². The van der Waals surface area contributed by atoms with Gasteiger partial charge in [0.25, 0.3) is 5.91 Å². The molecule has 1 amide bonds. The summed E-state index contributed by atoms with van der Waals surface area (Å²) < 4.78 is 5.20. The van der Waals surface area contributed by atoms with Gasteiger partial charge < -0.3 is 14.9 Å². The van der Waals surface area contributed by atoms with E-state index in [0.29, 0.717) is 17.0 Å². The highest BCUT2D eigenvalue weighted by atomic mass is 16.5. The van der Waals surface area contributed by atoms with Crippen LogP contribution in [-0.4, -0.2) is 28.2 Å². The third-order valence-corrected chi connectivity index (χ3v) is 3.37. The van der Waals surface area contributed by atoms with Crippen LogP contribution in [0.4, 0.5) is 0 Å². The van der Waals surface area contributed by atoms with E-state index in [2.05, 4.69) is 10.5 Å². The first-order valence-corrected chi connectivity index (χ1v) is 7.02. The topological polar surface area (TPSA) is 92.4 Å². The molecule has 0 aliphatic carbocycles. The number of aliphatic carboxylic acids is 1. The summed E-state index contributed by atoms with van der Waals surface area (Å²) in [5, 5.41) is 15.7. The number of carbonyl (C=O) groups is 2. The Morgan fingerprint density at radius 3 is 2.33 bits per heavy atom. The number of rotatable bonds is 5. The predicted octanol–water partition coefficient (Wildman–Crippen LogP) is 2.73. The van der Waals surface area contributed by atoms with E-state index in [4.69, 9.17) is 9.63 Å². The molecule has 0 saturated heterocycles. The highest BCUT2D eigenvalue weighted by Gasteiger charge is 2.31. The average Bonchev–Trinajstić information content (AvgIpc) is 2.68. The fourth-order valence-electron chi connectivity index (χ4n) is 2.04. The molecule has 1 atom stereocenters. The van der Waals surface area contributed by atoms with Crippen LogP contribution in [0.5, 0.6) is 0 Å². The van der Waals surface area contributed by atoms with Crippen LogP contribution in [-0.2, 0) is 4.79 Å². The molecule has 1 unspecified atom stereocenters. The Hall–Kier alpha value is -1.85. The molecule has 0 aliphatic rings. The third-order valence-electron chi connectivity index (χ3n) is 3.37. The van der Waals surface area contributed by atoms with Crippen molar-refractivity contribution in [2.45, 2.75) is 59.9 Å². The third kappa shape index (κ3) is 4.31. The van der Waals surface area contributed by atoms with Gasteiger partial charge in [0.1, 0.15) is 5.56 Å². The summed E-state index contributed by atoms with van der Waals surface area (Å²) in [5.74, 6) is -0.729. The quantitative estimate of drug-likeness (QED) is 0.871. The van der Waals surface area contributed by atoms with E-state index < -0.39 is 12.0 Å². The van der Waals surface area contributed by atoms with Crippen LogP contribution in [0.3, 0.4) is 0 Å². The number of amides is 1. The lowest BCUT2D eigenvalue weighted by molar-refractivity contribution is -0.138. The van der Waals surface area contributed by atoms with Crippen LogP contribution >= 0.6 is 0 Å². The second-order valence-electron chi connectivity index (χ2n) is 6.65. The van der Waals surface area contributed by atoms with Crippen LogP contribution < -0.4 is 5.32 Å². The van der Waals surface area contributed by atoms with Gasteiger partial charge in [-0.3, -0.25) is 9.59 Å². The minimum atomic E-state index is -0.943. The fourth-order valence-corrected chi connectivity index (χ4v) is 2.04. The van der Waals surface area contributed by atoms with Gasteiger partial charge in [0.15, 0.2) is 5.76 Å². The highest BCUT2D eigenvalue weighted by Crippen LogP contribution is 2.25. The van der Waals surface area contributed by atoms with Gasteiger partial charge in [-0.05, 0) is 12.3 Å². The molecule has 2 N–H and O–H groups in total. The second kappa shape index (κ2) is 6.28. The van der Waals surface area contributed by atoms with Crippen molar-refractivity contribution in [1.82, 2.24) is 10.5 Å². The predicted molar refractivity (Wildman–Crippen MR) is 78.3 cm³/mol. The lowest BCUT2D eigenvalue weighted by Gasteiger charge is -2.30. The Balaban J connectivity index is 3.03. The molecule has 0 saturated carbocycles. The van der Waals surface area contributed by atoms with Crippen molar-refractivity contribution in [2.75, 3.05) is 0 Å². The van der Waals surface area contributed by atoms with Crippen LogP contribution in [0.15, 0.2) is 4.52 Å². The first-order chi connectivity index (χ1) is 9.54. The Morgan fingerprint density at radius 1 is 1.33 bits per heavy atom. The SMILES string of the molecule is Cc1noc(C(C)C)c1C(=O)NC(CC(=O)O)C(C)(C)C. The van der Waals surface area contributed by atoms with Crippen molar-refractivity contribution in [2.24, 2.45) is 5.41 Å². The van der Waals surface area contributed by atoms with E-state index >= 15 is 0 Å². The number of carboxylic acids is 1. The Morgan fingerprint density at radius 2 is 1.90 bits per heavy atom. The maximum atomic E-state index is 12.5. The van der Waals surface area contributed by atoms with Crippen molar-refractivity contribution in [3.05, 3.63) is 17.0 Å². The number of hydrogen-bond donors (Lipinski definition) is 2. The number of carbonyl (C=O) groups excluding carboxylic acids is 1. The van der Waals surface area contributed by atoms with Crippen molar-refractivity contribution in [3.63, 3.8) is 0 Å². The van der Waals surface area contributed by atoms with E-state index in [1.807, 2.05) is 34.6 Å². The second-order valence-corrected chi connectivity index (χ2v) is 6.65. The molecule has 21 heavy (non-hydrogen) atoms. The number of nitrogens with one attached hydrogen (secondary N) is 1. The van der Waals surface area contributed by atoms with Crippen LogP contribution in [0.2, 0.25) is 0 Å². The van der Waals surface area contributed by atoms with E-state index in [1.54, 1.807) is 6.92 Å². The molecular formula is C15H24N2O4. The lowest BCUT2D eigenvalue weighted by Crippen LogP contribution is -2.45. The monoisotopic (exact) mass is 296 g/mol. The fraction of sp³-hybridized carbons (Fsp3) is 0.667. The minimum Gasteiger partial charge on any atom is -0.481 e. The standard InChI is InChI=1S/C15H24N2O4/c1-8(2)13-12(9(3)17-21-13)14(20)16-10(7-11(18)19)15(4,5)6/h8,10H,7H2,1-6H3,(H,16,20)(H,18,19). The minimum absolute atomic E-state index is 0.0273. The molecule has 118 valence electrons. The molecule has 0 aromatic carbocycles. The van der Waals surface area contributed by atoms with Crippen molar-refractivity contribution in [3.8, 4) is 0 Å². The largest absolute Gasteiger partial charge is 0.481 e. The van der Waals surface area contributed by atoms with Gasteiger partial charge in [-0.15, -0.1) is 0 Å². The summed E-state index contributed by atoms with van der Waals surface area (Å²) in [6.45, 7) is 11.2. The zero-order valence-electron chi connectivity index (χ0n) is 13.5. The number of aryl methyl sites for hydroxylation is 1. The lowest BCUT2D eigenvalue weighted by atomic mass is 9.84. The summed E-state index contributed by atoms with van der Waals surface area (Å²) >= 11 is 0. The Labute approximate surface area is 124 Å². The average molecular weight is 296 g/mol. The first-order valence-electron chi connectivity index (χ1n) is 7.02. The van der Waals surface area contributed by atoms with Gasteiger partial charge in [-0.2, -0.15) is 0 Å². The van der Waals surface area contributed by atoms with Gasteiger partial charge in [-0.25, -0.2) is 0 Å². The molecule has 1 aromatic rings. The van der Waals surface area contributed by atoms with Crippen molar-refractivity contribution < 1.29 is 19.2 Å². The van der Waals surface area contributed by atoms with Crippen LogP contribution in [0.25, 0.3) is 0 Å². The summed E-state index contributed by atoms with van der Waals surface area (Å²) in [7, 11) is 0. The van der Waals surface area contributed by atoms with E-state index in [0.717, 1.165) is 0 Å². The molecule has 0 fully saturated rings. The van der Waals surface area contributed by atoms with Gasteiger partial charge in [0.05, 0.1) is 12.1 Å². The molecule has 0 radical (unpaired) electrons. The van der Waals surface area contributed by atoms with E-state index in [1.165, 1.54) is 0 Å². The molecule has 0 aliphatic heterocycles. The summed E-state index contributed by atoms with van der Waals surface area (Å²) in [4.78, 5) is 23.5. The maximum absolute atomic E-state index is 12.5. The summed E-state index contributed by atoms with van der Waals surface area (Å²) in [5.41, 5.74) is 0.556. The molecule has 6 nitrogen and oxygen atoms in total. The Kier molecular flexibility index (Phi) is 5.15. The molecule has 0 spiro atoms. The van der Waals surface area contributed by atoms with Crippen LogP contribution in [0.1, 0.15) is 68.8 Å². The normalized spacial score (nSPS) is 13.3. The van der Waals surface area contributed by atoms with Gasteiger partial charge >= 0.3 is 5.97 Å². The van der Waals surface area contributed by atoms with E-state index in [9.17, 15) is 9.59 Å². The van der Waals surface area contributed by atoms with Gasteiger partial charge in [-0.1, -0.05) is 39.8 Å². The number of nitrogens with zero attached hydrogens (tertiary/aromatic N) is 1. The molecule has 6 heteroatoms. The van der Waals surface area contributed by atoms with E-state index in [-0.39, 0.29) is 23.7 Å². The maximum Gasteiger partial charge on any atom is 0.305 e. The number of carboxylic acid groups (broad SMARTS) is 1. The number of hydrogen-bond acceptors (Lipinski definition) is 4. The van der Waals surface area contributed by atoms with Crippen molar-refractivity contribution >= 4 is 11.9 Å². The van der Waals surface area contributed by atoms with Crippen molar-refractivity contribution in [1.29, 1.82) is 0 Å². The highest BCUT2D eigenvalue weighted by molar-refractivity contribution is 5.96. The van der Waals surface area contributed by atoms with Gasteiger partial charge in [0.2, 0.25) is 0 Å². The molecule has 1 rings (SSSR count). The van der Waals surface area contributed by atoms with Gasteiger partial charge in [0, 0.05) is 12.0 Å². The zero-order chi connectivity index (χ0) is 16.4. The zero-order valence-corrected chi connectivity index (χ0v) is 13.5. The number of aromatic nitrogens is 1. The Bertz CT molecular complexity index is 526. The molecule has 0 bridgehead atoms. The summed E-state index contributed by atoms with van der Waals surface area (Å²) in [6, 6.07) is -0.475. The summed E-state index contributed by atoms with van der Waals surface area (Å²) in [6.07, 6.45) is -0.128. The molecule has 1 aromatic heterocycles. The molecular weight excluding hydrogens is 272 g/mol. The molecule has 1 heterocycles.